The van der Waals surface area contributed by atoms with Crippen molar-refractivity contribution in [1.82, 2.24) is 0 Å². The number of halogens is 5. The molecule has 0 saturated carbocycles. The summed E-state index contributed by atoms with van der Waals surface area (Å²) in [5.74, 6) is -3.14. The van der Waals surface area contributed by atoms with Gasteiger partial charge in [0.25, 0.3) is 0 Å². The highest BCUT2D eigenvalue weighted by Crippen LogP contribution is 2.35. The maximum absolute atomic E-state index is 12.9. The smallest absolute Gasteiger partial charge is 0.207 e. The monoisotopic (exact) mass is 344 g/mol. The summed E-state index contributed by atoms with van der Waals surface area (Å²) >= 11 is 6.17. The molecular formula is C10H9Br2F3. The van der Waals surface area contributed by atoms with Gasteiger partial charge in [-0.2, -0.15) is 0 Å². The first-order valence-electron chi connectivity index (χ1n) is 4.26. The third-order valence-corrected chi connectivity index (χ3v) is 3.30. The third kappa shape index (κ3) is 4.15. The average Bonchev–Trinajstić information content (AvgIpc) is 2.06. The lowest BCUT2D eigenvalue weighted by Gasteiger charge is -2.15. The maximum atomic E-state index is 12.9. The van der Waals surface area contributed by atoms with Gasteiger partial charge in [0.05, 0.1) is 4.47 Å². The molecular weight excluding hydrogens is 337 g/mol. The predicted octanol–water partition coefficient (Wildman–Crippen LogP) is 5.07. The molecule has 1 aromatic carbocycles. The number of hydrogen-bond acceptors (Lipinski definition) is 0. The van der Waals surface area contributed by atoms with Crippen molar-refractivity contribution < 1.29 is 13.2 Å². The van der Waals surface area contributed by atoms with E-state index in [1.807, 2.05) is 0 Å². The van der Waals surface area contributed by atoms with Gasteiger partial charge in [-0.05, 0) is 40.5 Å². The molecule has 0 heterocycles. The van der Waals surface area contributed by atoms with Gasteiger partial charge in [-0.3, -0.25) is 0 Å². The molecule has 0 bridgehead atoms. The zero-order chi connectivity index (χ0) is 11.6. The van der Waals surface area contributed by atoms with Crippen molar-refractivity contribution in [3.63, 3.8) is 0 Å². The molecule has 1 aromatic rings. The predicted molar refractivity (Wildman–Crippen MR) is 61.0 cm³/mol. The Morgan fingerprint density at radius 2 is 2.00 bits per heavy atom. The largest absolute Gasteiger partial charge is 0.246 e. The fourth-order valence-corrected chi connectivity index (χ4v) is 2.39. The minimum atomic E-state index is -2.74. The Morgan fingerprint density at radius 3 is 2.47 bits per heavy atom. The molecule has 0 radical (unpaired) electrons. The van der Waals surface area contributed by atoms with Crippen molar-refractivity contribution in [3.8, 4) is 0 Å². The van der Waals surface area contributed by atoms with Crippen LogP contribution < -0.4 is 0 Å². The summed E-state index contributed by atoms with van der Waals surface area (Å²) in [7, 11) is 0. The molecule has 15 heavy (non-hydrogen) atoms. The van der Waals surface area contributed by atoms with Crippen LogP contribution in [0.15, 0.2) is 22.7 Å². The molecule has 0 N–H and O–H groups in total. The van der Waals surface area contributed by atoms with E-state index in [4.69, 9.17) is 0 Å². The summed E-state index contributed by atoms with van der Waals surface area (Å²) in [5.41, 5.74) is 0.629. The lowest BCUT2D eigenvalue weighted by atomic mass is 10.1. The van der Waals surface area contributed by atoms with Gasteiger partial charge in [0.2, 0.25) is 5.92 Å². The molecule has 5 heteroatoms. The molecule has 0 nitrogen and oxygen atoms in total. The van der Waals surface area contributed by atoms with Crippen LogP contribution in [-0.4, -0.2) is 5.92 Å². The highest BCUT2D eigenvalue weighted by molar-refractivity contribution is 9.10. The zero-order valence-electron chi connectivity index (χ0n) is 7.91. The highest BCUT2D eigenvalue weighted by Gasteiger charge is 2.26. The molecule has 1 unspecified atom stereocenters. The van der Waals surface area contributed by atoms with Crippen LogP contribution in [-0.2, 0) is 0 Å². The van der Waals surface area contributed by atoms with Gasteiger partial charge in [0, 0.05) is 11.2 Å². The summed E-state index contributed by atoms with van der Waals surface area (Å²) in [6, 6.07) is 4.24. The van der Waals surface area contributed by atoms with Gasteiger partial charge >= 0.3 is 0 Å². The fraction of sp³-hybridized carbons (Fsp3) is 0.400. The van der Waals surface area contributed by atoms with Gasteiger partial charge in [-0.15, -0.1) is 0 Å². The van der Waals surface area contributed by atoms with Crippen LogP contribution in [0.4, 0.5) is 13.2 Å². The minimum absolute atomic E-state index is 0.281. The molecule has 1 atom stereocenters. The van der Waals surface area contributed by atoms with E-state index in [1.54, 1.807) is 0 Å². The Hall–Kier alpha value is -0.0300. The quantitative estimate of drug-likeness (QED) is 0.671. The molecule has 1 rings (SSSR count). The van der Waals surface area contributed by atoms with Crippen LogP contribution >= 0.6 is 31.9 Å². The second kappa shape index (κ2) is 4.87. The third-order valence-electron chi connectivity index (χ3n) is 1.84. The topological polar surface area (TPSA) is 0 Å². The Labute approximate surface area is 103 Å². The van der Waals surface area contributed by atoms with Crippen molar-refractivity contribution >= 4 is 31.9 Å². The Balaban J connectivity index is 2.83. The molecule has 0 aliphatic rings. The van der Waals surface area contributed by atoms with E-state index in [1.165, 1.54) is 18.2 Å². The summed E-state index contributed by atoms with van der Waals surface area (Å²) < 4.78 is 38.6. The van der Waals surface area contributed by atoms with Gasteiger partial charge in [0.1, 0.15) is 5.82 Å². The standard InChI is InChI=1S/C10H9Br2F3/c1-10(14,15)5-8(12)6-2-3-9(13)7(11)4-6/h2-4,8H,5H2,1H3. The van der Waals surface area contributed by atoms with E-state index in [0.717, 1.165) is 6.92 Å². The second-order valence-electron chi connectivity index (χ2n) is 3.42. The van der Waals surface area contributed by atoms with E-state index < -0.39 is 16.6 Å². The summed E-state index contributed by atoms with van der Waals surface area (Å²) in [5, 5.41) is 0. The summed E-state index contributed by atoms with van der Waals surface area (Å²) in [6.45, 7) is 0.861. The van der Waals surface area contributed by atoms with Crippen molar-refractivity contribution in [3.05, 3.63) is 34.1 Å². The van der Waals surface area contributed by atoms with Gasteiger partial charge in [0.15, 0.2) is 0 Å². The van der Waals surface area contributed by atoms with Gasteiger partial charge in [-0.1, -0.05) is 22.0 Å². The first-order valence-corrected chi connectivity index (χ1v) is 5.97. The van der Waals surface area contributed by atoms with Crippen molar-refractivity contribution in [1.29, 1.82) is 0 Å². The Morgan fingerprint density at radius 1 is 1.40 bits per heavy atom. The fourth-order valence-electron chi connectivity index (χ4n) is 1.14. The first-order chi connectivity index (χ1) is 6.79. The van der Waals surface area contributed by atoms with Crippen LogP contribution in [0.1, 0.15) is 23.7 Å². The van der Waals surface area contributed by atoms with Crippen molar-refractivity contribution in [2.24, 2.45) is 0 Å². The van der Waals surface area contributed by atoms with E-state index in [0.29, 0.717) is 5.56 Å². The molecule has 0 aliphatic carbocycles. The normalized spacial score (nSPS) is 14.0. The van der Waals surface area contributed by atoms with E-state index in [2.05, 4.69) is 31.9 Å². The summed E-state index contributed by atoms with van der Waals surface area (Å²) in [6.07, 6.45) is -0.314. The van der Waals surface area contributed by atoms with Gasteiger partial charge < -0.3 is 0 Å². The summed E-state index contributed by atoms with van der Waals surface area (Å²) in [4.78, 5) is -0.477. The van der Waals surface area contributed by atoms with E-state index in [9.17, 15) is 13.2 Å². The maximum Gasteiger partial charge on any atom is 0.246 e. The Bertz CT molecular complexity index is 347. The molecule has 0 aliphatic heterocycles. The Kier molecular flexibility index (Phi) is 4.23. The van der Waals surface area contributed by atoms with Crippen LogP contribution in [0.3, 0.4) is 0 Å². The van der Waals surface area contributed by atoms with Crippen LogP contribution in [0, 0.1) is 5.82 Å². The molecule has 0 fully saturated rings. The van der Waals surface area contributed by atoms with E-state index >= 15 is 0 Å². The lowest BCUT2D eigenvalue weighted by Crippen LogP contribution is -2.12. The SMILES string of the molecule is CC(F)(F)CC(Br)c1ccc(F)c(Br)c1. The zero-order valence-corrected chi connectivity index (χ0v) is 11.1. The number of benzene rings is 1. The molecule has 0 saturated heterocycles. The van der Waals surface area contributed by atoms with Crippen LogP contribution in [0.25, 0.3) is 0 Å². The van der Waals surface area contributed by atoms with E-state index in [-0.39, 0.29) is 10.9 Å². The van der Waals surface area contributed by atoms with Crippen LogP contribution in [0.5, 0.6) is 0 Å². The van der Waals surface area contributed by atoms with Crippen molar-refractivity contribution in [2.45, 2.75) is 24.1 Å². The van der Waals surface area contributed by atoms with Gasteiger partial charge in [-0.25, -0.2) is 13.2 Å². The van der Waals surface area contributed by atoms with Crippen molar-refractivity contribution in [2.75, 3.05) is 0 Å². The number of alkyl halides is 3. The molecule has 0 aromatic heterocycles. The number of hydrogen-bond donors (Lipinski definition) is 0. The average molecular weight is 346 g/mol. The minimum Gasteiger partial charge on any atom is -0.207 e. The lowest BCUT2D eigenvalue weighted by molar-refractivity contribution is 0.0130. The first kappa shape index (κ1) is 13.0. The van der Waals surface area contributed by atoms with Crippen LogP contribution in [0.2, 0.25) is 0 Å². The highest BCUT2D eigenvalue weighted by atomic mass is 79.9. The molecule has 0 amide bonds. The molecule has 84 valence electrons. The molecule has 0 spiro atoms. The number of rotatable bonds is 3. The second-order valence-corrected chi connectivity index (χ2v) is 5.38.